The van der Waals surface area contributed by atoms with Gasteiger partial charge in [-0.15, -0.1) is 11.8 Å². The first kappa shape index (κ1) is 24.8. The lowest BCUT2D eigenvalue weighted by molar-refractivity contribution is 0.108. The Hall–Kier alpha value is -1.45. The number of hydrogen-bond donors (Lipinski definition) is 0. The molecule has 4 heteroatoms. The molecule has 0 aliphatic heterocycles. The predicted molar refractivity (Wildman–Crippen MR) is 130 cm³/mol. The zero-order valence-electron chi connectivity index (χ0n) is 18.2. The molecule has 0 saturated heterocycles. The molecule has 0 aliphatic carbocycles. The van der Waals surface area contributed by atoms with E-state index in [2.05, 4.69) is 31.2 Å². The quantitative estimate of drug-likeness (QED) is 0.146. The molecule has 0 unspecified atom stereocenters. The Kier molecular flexibility index (Phi) is 12.7. The summed E-state index contributed by atoms with van der Waals surface area (Å²) in [5, 5.41) is -0.417. The Morgan fingerprint density at radius 3 is 1.93 bits per heavy atom. The molecule has 0 aromatic heterocycles. The third-order valence-electron chi connectivity index (χ3n) is 5.18. The maximum Gasteiger partial charge on any atom is 0.252 e. The number of benzene rings is 2. The Morgan fingerprint density at radius 1 is 0.800 bits per heavy atom. The molecule has 0 saturated carbocycles. The SMILES string of the molecule is CCCCCCCCCCCCOc1ccc(CSc2ccc(C(=O)Cl)cc2)cc1. The van der Waals surface area contributed by atoms with E-state index in [1.165, 1.54) is 63.4 Å². The van der Waals surface area contributed by atoms with E-state index >= 15 is 0 Å². The van der Waals surface area contributed by atoms with E-state index in [1.54, 1.807) is 23.9 Å². The van der Waals surface area contributed by atoms with Crippen LogP contribution in [0.25, 0.3) is 0 Å². The van der Waals surface area contributed by atoms with Gasteiger partial charge in [-0.25, -0.2) is 0 Å². The lowest BCUT2D eigenvalue weighted by Crippen LogP contribution is -1.97. The highest BCUT2D eigenvalue weighted by atomic mass is 35.5. The first-order chi connectivity index (χ1) is 14.7. The highest BCUT2D eigenvalue weighted by Crippen LogP contribution is 2.24. The maximum atomic E-state index is 11.1. The van der Waals surface area contributed by atoms with Gasteiger partial charge in [0.1, 0.15) is 5.75 Å². The van der Waals surface area contributed by atoms with E-state index < -0.39 is 5.24 Å². The molecule has 0 fully saturated rings. The zero-order chi connectivity index (χ0) is 21.4. The van der Waals surface area contributed by atoms with Gasteiger partial charge in [0, 0.05) is 16.2 Å². The van der Waals surface area contributed by atoms with E-state index in [0.717, 1.165) is 29.4 Å². The summed E-state index contributed by atoms with van der Waals surface area (Å²) < 4.78 is 5.88. The summed E-state index contributed by atoms with van der Waals surface area (Å²) in [5.41, 5.74) is 1.79. The zero-order valence-corrected chi connectivity index (χ0v) is 19.8. The van der Waals surface area contributed by atoms with Crippen molar-refractivity contribution in [2.75, 3.05) is 6.61 Å². The van der Waals surface area contributed by atoms with Crippen LogP contribution in [0, 0.1) is 0 Å². The lowest BCUT2D eigenvalue weighted by atomic mass is 10.1. The van der Waals surface area contributed by atoms with Gasteiger partial charge in [-0.2, -0.15) is 0 Å². The number of thioether (sulfide) groups is 1. The predicted octanol–water partition coefficient (Wildman–Crippen LogP) is 8.66. The summed E-state index contributed by atoms with van der Waals surface area (Å²) in [6, 6.07) is 15.8. The number of carbonyl (C=O) groups is 1. The molecule has 0 aliphatic rings. The van der Waals surface area contributed by atoms with Crippen molar-refractivity contribution in [3.05, 3.63) is 59.7 Å². The van der Waals surface area contributed by atoms with Crippen LogP contribution in [0.5, 0.6) is 5.75 Å². The molecular formula is C26H35ClO2S. The van der Waals surface area contributed by atoms with Gasteiger partial charge < -0.3 is 4.74 Å². The fourth-order valence-electron chi connectivity index (χ4n) is 3.31. The molecule has 2 nitrogen and oxygen atoms in total. The Labute approximate surface area is 191 Å². The van der Waals surface area contributed by atoms with Crippen molar-refractivity contribution in [3.8, 4) is 5.75 Å². The minimum atomic E-state index is -0.417. The molecule has 2 aromatic carbocycles. The van der Waals surface area contributed by atoms with Gasteiger partial charge in [0.25, 0.3) is 5.24 Å². The molecule has 0 radical (unpaired) electrons. The van der Waals surface area contributed by atoms with Crippen LogP contribution in [0.1, 0.15) is 87.1 Å². The number of rotatable bonds is 16. The van der Waals surface area contributed by atoms with Gasteiger partial charge in [0.15, 0.2) is 0 Å². The molecule has 0 bridgehead atoms. The van der Waals surface area contributed by atoms with Gasteiger partial charge in [0.05, 0.1) is 6.61 Å². The Morgan fingerprint density at radius 2 is 1.37 bits per heavy atom. The summed E-state index contributed by atoms with van der Waals surface area (Å²) in [6.07, 6.45) is 13.4. The van der Waals surface area contributed by atoms with Crippen molar-refractivity contribution in [1.29, 1.82) is 0 Å². The van der Waals surface area contributed by atoms with Crippen LogP contribution in [0.2, 0.25) is 0 Å². The van der Waals surface area contributed by atoms with Crippen molar-refractivity contribution < 1.29 is 9.53 Å². The molecule has 0 heterocycles. The van der Waals surface area contributed by atoms with E-state index in [-0.39, 0.29) is 0 Å². The smallest absolute Gasteiger partial charge is 0.252 e. The first-order valence-corrected chi connectivity index (χ1v) is 12.7. The molecule has 0 spiro atoms. The third-order valence-corrected chi connectivity index (χ3v) is 6.48. The van der Waals surface area contributed by atoms with Gasteiger partial charge in [0.2, 0.25) is 0 Å². The molecule has 2 aromatic rings. The monoisotopic (exact) mass is 446 g/mol. The highest BCUT2D eigenvalue weighted by molar-refractivity contribution is 7.98. The fourth-order valence-corrected chi connectivity index (χ4v) is 4.29. The number of hydrogen-bond acceptors (Lipinski definition) is 3. The third kappa shape index (κ3) is 10.5. The minimum absolute atomic E-state index is 0.417. The van der Waals surface area contributed by atoms with Crippen molar-refractivity contribution in [3.63, 3.8) is 0 Å². The van der Waals surface area contributed by atoms with Crippen LogP contribution in [0.4, 0.5) is 0 Å². The number of carbonyl (C=O) groups excluding carboxylic acids is 1. The van der Waals surface area contributed by atoms with E-state index in [0.29, 0.717) is 5.56 Å². The molecule has 0 N–H and O–H groups in total. The number of halogens is 1. The van der Waals surface area contributed by atoms with Gasteiger partial charge in [-0.1, -0.05) is 76.8 Å². The minimum Gasteiger partial charge on any atom is -0.494 e. The van der Waals surface area contributed by atoms with Gasteiger partial charge >= 0.3 is 0 Å². The van der Waals surface area contributed by atoms with E-state index in [1.807, 2.05) is 12.1 Å². The van der Waals surface area contributed by atoms with Crippen molar-refractivity contribution in [2.24, 2.45) is 0 Å². The van der Waals surface area contributed by atoms with Crippen molar-refractivity contribution in [2.45, 2.75) is 81.8 Å². The van der Waals surface area contributed by atoms with E-state index in [4.69, 9.17) is 16.3 Å². The second-order valence-corrected chi connectivity index (χ2v) is 9.15. The second-order valence-electron chi connectivity index (χ2n) is 7.76. The Bertz CT molecular complexity index is 713. The van der Waals surface area contributed by atoms with Gasteiger partial charge in [-0.3, -0.25) is 4.79 Å². The molecule has 164 valence electrons. The summed E-state index contributed by atoms with van der Waals surface area (Å²) in [7, 11) is 0. The normalized spacial score (nSPS) is 10.9. The van der Waals surface area contributed by atoms with Crippen LogP contribution < -0.4 is 4.74 Å². The average molecular weight is 447 g/mol. The second kappa shape index (κ2) is 15.4. The van der Waals surface area contributed by atoms with E-state index in [9.17, 15) is 4.79 Å². The van der Waals surface area contributed by atoms with Crippen molar-refractivity contribution in [1.82, 2.24) is 0 Å². The van der Waals surface area contributed by atoms with Crippen LogP contribution in [0.3, 0.4) is 0 Å². The van der Waals surface area contributed by atoms with Crippen molar-refractivity contribution >= 4 is 28.6 Å². The molecular weight excluding hydrogens is 412 g/mol. The van der Waals surface area contributed by atoms with Gasteiger partial charge in [-0.05, 0) is 60.0 Å². The Balaban J connectivity index is 1.54. The summed E-state index contributed by atoms with van der Waals surface area (Å²) in [5.74, 6) is 1.83. The largest absolute Gasteiger partial charge is 0.494 e. The molecule has 0 amide bonds. The fraction of sp³-hybridized carbons (Fsp3) is 0.500. The molecule has 2 rings (SSSR count). The summed E-state index contributed by atoms with van der Waals surface area (Å²) in [4.78, 5) is 12.2. The van der Waals surface area contributed by atoms with Crippen LogP contribution in [-0.2, 0) is 5.75 Å². The summed E-state index contributed by atoms with van der Waals surface area (Å²) >= 11 is 7.22. The number of unbranched alkanes of at least 4 members (excludes halogenated alkanes) is 9. The maximum absolute atomic E-state index is 11.1. The lowest BCUT2D eigenvalue weighted by Gasteiger charge is -2.08. The first-order valence-electron chi connectivity index (χ1n) is 11.3. The standard InChI is InChI=1S/C26H35ClO2S/c1-2-3-4-5-6-7-8-9-10-11-20-29-24-16-12-22(13-17-24)21-30-25-18-14-23(15-19-25)26(27)28/h12-19H,2-11,20-21H2,1H3. The van der Waals surface area contributed by atoms with Crippen LogP contribution in [0.15, 0.2) is 53.4 Å². The van der Waals surface area contributed by atoms with Crippen LogP contribution in [-0.4, -0.2) is 11.8 Å². The van der Waals surface area contributed by atoms with Crippen LogP contribution >= 0.6 is 23.4 Å². The molecule has 30 heavy (non-hydrogen) atoms. The topological polar surface area (TPSA) is 26.3 Å². The highest BCUT2D eigenvalue weighted by Gasteiger charge is 2.02. The average Bonchev–Trinajstić information content (AvgIpc) is 2.77. The number of ether oxygens (including phenoxy) is 1. The molecule has 0 atom stereocenters. The summed E-state index contributed by atoms with van der Waals surface area (Å²) in [6.45, 7) is 3.07.